The van der Waals surface area contributed by atoms with Crippen LogP contribution < -0.4 is 5.32 Å². The fourth-order valence-corrected chi connectivity index (χ4v) is 1.70. The zero-order valence-electron chi connectivity index (χ0n) is 12.1. The number of carboxylic acids is 1. The highest BCUT2D eigenvalue weighted by Gasteiger charge is 2.16. The summed E-state index contributed by atoms with van der Waals surface area (Å²) in [5.41, 5.74) is 1.12. The highest BCUT2D eigenvalue weighted by atomic mass is 16.6. The van der Waals surface area contributed by atoms with Crippen LogP contribution in [0.2, 0.25) is 0 Å². The fraction of sp³-hybridized carbons (Fsp3) is 0.467. The van der Waals surface area contributed by atoms with Gasteiger partial charge in [-0.1, -0.05) is 18.2 Å². The Kier molecular flexibility index (Phi) is 5.55. The van der Waals surface area contributed by atoms with Crippen LogP contribution >= 0.6 is 0 Å². The van der Waals surface area contributed by atoms with Crippen molar-refractivity contribution in [1.29, 1.82) is 0 Å². The van der Waals surface area contributed by atoms with E-state index in [4.69, 9.17) is 9.84 Å². The Morgan fingerprint density at radius 3 is 2.50 bits per heavy atom. The molecule has 110 valence electrons. The molecule has 0 atom stereocenters. The second kappa shape index (κ2) is 6.93. The molecule has 1 rings (SSSR count). The molecule has 5 heteroatoms. The number of ether oxygens (including phenoxy) is 1. The van der Waals surface area contributed by atoms with Crippen molar-refractivity contribution in [3.8, 4) is 0 Å². The van der Waals surface area contributed by atoms with Gasteiger partial charge in [0.1, 0.15) is 12.1 Å². The van der Waals surface area contributed by atoms with Crippen molar-refractivity contribution in [2.75, 3.05) is 11.9 Å². The van der Waals surface area contributed by atoms with E-state index >= 15 is 0 Å². The highest BCUT2D eigenvalue weighted by molar-refractivity contribution is 5.76. The van der Waals surface area contributed by atoms with Crippen molar-refractivity contribution in [3.05, 3.63) is 29.8 Å². The summed E-state index contributed by atoms with van der Waals surface area (Å²) in [5, 5.41) is 11.7. The molecule has 2 N–H and O–H groups in total. The fourth-order valence-electron chi connectivity index (χ4n) is 1.70. The molecule has 1 aromatic carbocycles. The summed E-state index contributed by atoms with van der Waals surface area (Å²) in [6, 6.07) is 7.35. The van der Waals surface area contributed by atoms with Crippen molar-refractivity contribution >= 4 is 17.6 Å². The number of benzene rings is 1. The van der Waals surface area contributed by atoms with Crippen LogP contribution in [-0.2, 0) is 20.7 Å². The number of esters is 1. The van der Waals surface area contributed by atoms with E-state index in [2.05, 4.69) is 5.32 Å². The van der Waals surface area contributed by atoms with E-state index in [1.807, 2.05) is 45.0 Å². The molecule has 0 radical (unpaired) electrons. The molecule has 5 nitrogen and oxygen atoms in total. The van der Waals surface area contributed by atoms with Gasteiger partial charge in [-0.05, 0) is 38.8 Å². The van der Waals surface area contributed by atoms with Crippen LogP contribution in [0.15, 0.2) is 24.3 Å². The molecular formula is C15H21NO4. The van der Waals surface area contributed by atoms with Gasteiger partial charge in [0.15, 0.2) is 0 Å². The summed E-state index contributed by atoms with van der Waals surface area (Å²) >= 11 is 0. The predicted molar refractivity (Wildman–Crippen MR) is 76.7 cm³/mol. The SMILES string of the molecule is CC(C)(C)OC(=O)CNc1ccccc1CCC(=O)O. The van der Waals surface area contributed by atoms with Crippen LogP contribution in [0, 0.1) is 0 Å². The number of hydrogen-bond donors (Lipinski definition) is 2. The van der Waals surface area contributed by atoms with Crippen molar-refractivity contribution in [3.63, 3.8) is 0 Å². The Balaban J connectivity index is 2.59. The standard InChI is InChI=1S/C15H21NO4/c1-15(2,3)20-14(19)10-16-12-7-5-4-6-11(12)8-9-13(17)18/h4-7,16H,8-10H2,1-3H3,(H,17,18). The average Bonchev–Trinajstić information content (AvgIpc) is 2.32. The second-order valence-electron chi connectivity index (χ2n) is 5.49. The monoisotopic (exact) mass is 279 g/mol. The number of carbonyl (C=O) groups excluding carboxylic acids is 1. The average molecular weight is 279 g/mol. The largest absolute Gasteiger partial charge is 0.481 e. The van der Waals surface area contributed by atoms with Crippen LogP contribution in [0.25, 0.3) is 0 Å². The Morgan fingerprint density at radius 1 is 1.25 bits per heavy atom. The summed E-state index contributed by atoms with van der Waals surface area (Å²) in [6.45, 7) is 5.49. The number of para-hydroxylation sites is 1. The van der Waals surface area contributed by atoms with E-state index in [-0.39, 0.29) is 18.9 Å². The smallest absolute Gasteiger partial charge is 0.325 e. The molecule has 0 aliphatic heterocycles. The van der Waals surface area contributed by atoms with Gasteiger partial charge < -0.3 is 15.2 Å². The third-order valence-electron chi connectivity index (χ3n) is 2.47. The number of rotatable bonds is 6. The lowest BCUT2D eigenvalue weighted by molar-refractivity contribution is -0.152. The van der Waals surface area contributed by atoms with Gasteiger partial charge in [0.05, 0.1) is 0 Å². The maximum Gasteiger partial charge on any atom is 0.325 e. The Bertz CT molecular complexity index is 477. The molecule has 0 bridgehead atoms. The Hall–Kier alpha value is -2.04. The minimum Gasteiger partial charge on any atom is -0.481 e. The normalized spacial score (nSPS) is 10.9. The number of nitrogens with one attached hydrogen (secondary N) is 1. The maximum atomic E-state index is 11.6. The molecule has 20 heavy (non-hydrogen) atoms. The van der Waals surface area contributed by atoms with Crippen molar-refractivity contribution in [2.24, 2.45) is 0 Å². The van der Waals surface area contributed by atoms with E-state index in [1.54, 1.807) is 0 Å². The molecule has 0 aliphatic rings. The Morgan fingerprint density at radius 2 is 1.90 bits per heavy atom. The first-order valence-electron chi connectivity index (χ1n) is 6.53. The number of carboxylic acid groups (broad SMARTS) is 1. The minimum absolute atomic E-state index is 0.0569. The van der Waals surface area contributed by atoms with Gasteiger partial charge in [0, 0.05) is 12.1 Å². The number of carbonyl (C=O) groups is 2. The quantitative estimate of drug-likeness (QED) is 0.782. The number of aryl methyl sites for hydroxylation is 1. The van der Waals surface area contributed by atoms with Crippen molar-refractivity contribution in [2.45, 2.75) is 39.2 Å². The van der Waals surface area contributed by atoms with Gasteiger partial charge >= 0.3 is 11.9 Å². The van der Waals surface area contributed by atoms with Gasteiger partial charge in [0.25, 0.3) is 0 Å². The minimum atomic E-state index is -0.841. The van der Waals surface area contributed by atoms with E-state index < -0.39 is 11.6 Å². The van der Waals surface area contributed by atoms with Crippen LogP contribution in [0.1, 0.15) is 32.8 Å². The third kappa shape index (κ3) is 6.22. The third-order valence-corrected chi connectivity index (χ3v) is 2.47. The first-order valence-corrected chi connectivity index (χ1v) is 6.53. The van der Waals surface area contributed by atoms with Gasteiger partial charge in [-0.25, -0.2) is 0 Å². The molecule has 0 aromatic heterocycles. The molecule has 0 amide bonds. The van der Waals surface area contributed by atoms with Crippen LogP contribution in [0.3, 0.4) is 0 Å². The van der Waals surface area contributed by atoms with Crippen LogP contribution in [0.5, 0.6) is 0 Å². The Labute approximate surface area is 118 Å². The maximum absolute atomic E-state index is 11.6. The first kappa shape index (κ1) is 16.0. The summed E-state index contributed by atoms with van der Waals surface area (Å²) in [7, 11) is 0. The number of anilines is 1. The number of hydrogen-bond acceptors (Lipinski definition) is 4. The van der Waals surface area contributed by atoms with E-state index in [1.165, 1.54) is 0 Å². The van der Waals surface area contributed by atoms with Gasteiger partial charge in [-0.3, -0.25) is 9.59 Å². The van der Waals surface area contributed by atoms with Gasteiger partial charge in [-0.15, -0.1) is 0 Å². The van der Waals surface area contributed by atoms with E-state index in [0.717, 1.165) is 11.3 Å². The topological polar surface area (TPSA) is 75.6 Å². The molecule has 0 saturated carbocycles. The molecule has 1 aromatic rings. The lowest BCUT2D eigenvalue weighted by atomic mass is 10.1. The zero-order chi connectivity index (χ0) is 15.2. The zero-order valence-corrected chi connectivity index (χ0v) is 12.1. The summed E-state index contributed by atoms with van der Waals surface area (Å²) in [5.74, 6) is -1.18. The van der Waals surface area contributed by atoms with Crippen molar-refractivity contribution < 1.29 is 19.4 Å². The van der Waals surface area contributed by atoms with Gasteiger partial charge in [-0.2, -0.15) is 0 Å². The van der Waals surface area contributed by atoms with E-state index in [0.29, 0.717) is 6.42 Å². The lowest BCUT2D eigenvalue weighted by Gasteiger charge is -2.20. The molecule has 0 unspecified atom stereocenters. The summed E-state index contributed by atoms with van der Waals surface area (Å²) in [4.78, 5) is 22.2. The predicted octanol–water partition coefficient (Wildman–Crippen LogP) is 2.46. The van der Waals surface area contributed by atoms with Crippen LogP contribution in [0.4, 0.5) is 5.69 Å². The molecule has 0 spiro atoms. The second-order valence-corrected chi connectivity index (χ2v) is 5.49. The lowest BCUT2D eigenvalue weighted by Crippen LogP contribution is -2.28. The highest BCUT2D eigenvalue weighted by Crippen LogP contribution is 2.17. The molecule has 0 saturated heterocycles. The molecular weight excluding hydrogens is 258 g/mol. The summed E-state index contributed by atoms with van der Waals surface area (Å²) in [6.07, 6.45) is 0.484. The summed E-state index contributed by atoms with van der Waals surface area (Å²) < 4.78 is 5.20. The van der Waals surface area contributed by atoms with Crippen molar-refractivity contribution in [1.82, 2.24) is 0 Å². The molecule has 0 aliphatic carbocycles. The molecule has 0 fully saturated rings. The van der Waals surface area contributed by atoms with Gasteiger partial charge in [0.2, 0.25) is 0 Å². The van der Waals surface area contributed by atoms with E-state index in [9.17, 15) is 9.59 Å². The first-order chi connectivity index (χ1) is 9.28. The number of aliphatic carboxylic acids is 1. The molecule has 0 heterocycles. The van der Waals surface area contributed by atoms with Crippen LogP contribution in [-0.4, -0.2) is 29.2 Å².